The van der Waals surface area contributed by atoms with Crippen LogP contribution < -0.4 is 24.5 Å². The largest absolute Gasteiger partial charge is 0.496 e. The van der Waals surface area contributed by atoms with Crippen LogP contribution in [0, 0.1) is 5.41 Å². The number of aliphatic carboxylic acids is 1. The Hall–Kier alpha value is -3.52. The molecule has 0 aliphatic carbocycles. The summed E-state index contributed by atoms with van der Waals surface area (Å²) in [6.45, 7) is 3.63. The molecular formula is C24H25N2O6+. The molecule has 3 heterocycles. The Morgan fingerprint density at radius 1 is 1.25 bits per heavy atom. The lowest BCUT2D eigenvalue weighted by Gasteiger charge is -2.56. The molecule has 8 heteroatoms. The Morgan fingerprint density at radius 2 is 2.06 bits per heavy atom. The van der Waals surface area contributed by atoms with Crippen molar-refractivity contribution in [1.29, 1.82) is 0 Å². The van der Waals surface area contributed by atoms with E-state index in [1.807, 2.05) is 18.2 Å². The maximum Gasteiger partial charge on any atom is 0.341 e. The van der Waals surface area contributed by atoms with Crippen LogP contribution in [0.3, 0.4) is 0 Å². The topological polar surface area (TPSA) is 103 Å². The van der Waals surface area contributed by atoms with Crippen LogP contribution in [-0.4, -0.2) is 63.4 Å². The average Bonchev–Trinajstić information content (AvgIpc) is 2.72. The number of rotatable bonds is 6. The van der Waals surface area contributed by atoms with Gasteiger partial charge in [-0.2, -0.15) is 0 Å². The van der Waals surface area contributed by atoms with Gasteiger partial charge in [0, 0.05) is 30.4 Å². The zero-order chi connectivity index (χ0) is 22.3. The van der Waals surface area contributed by atoms with Crippen LogP contribution in [0.4, 0.5) is 5.69 Å². The van der Waals surface area contributed by atoms with Crippen molar-refractivity contribution in [2.45, 2.75) is 0 Å². The number of carbonyl (C=O) groups is 1. The van der Waals surface area contributed by atoms with Crippen molar-refractivity contribution in [3.05, 3.63) is 53.1 Å². The number of benzene rings is 2. The van der Waals surface area contributed by atoms with Crippen molar-refractivity contribution in [3.63, 3.8) is 0 Å². The van der Waals surface area contributed by atoms with Gasteiger partial charge in [0.15, 0.2) is 6.61 Å². The second-order valence-electron chi connectivity index (χ2n) is 8.49. The van der Waals surface area contributed by atoms with E-state index in [1.165, 1.54) is 0 Å². The summed E-state index contributed by atoms with van der Waals surface area (Å²) in [6, 6.07) is 11.2. The summed E-state index contributed by atoms with van der Waals surface area (Å²) in [5.41, 5.74) is 4.51. The molecule has 0 unspecified atom stereocenters. The lowest BCUT2D eigenvalue weighted by atomic mass is 9.77. The molecule has 0 atom stereocenters. The minimum atomic E-state index is -1.04. The van der Waals surface area contributed by atoms with Gasteiger partial charge in [0.2, 0.25) is 5.71 Å². The highest BCUT2D eigenvalue weighted by Crippen LogP contribution is 2.42. The molecule has 3 aliphatic rings. The molecule has 0 amide bonds. The molecule has 5 rings (SSSR count). The average molecular weight is 437 g/mol. The van der Waals surface area contributed by atoms with Gasteiger partial charge in [0.05, 0.1) is 36.9 Å². The standard InChI is InChI=1S/C24H24N2O6/c1-29-20-5-3-18(31-10-22(27)28)7-15(20)6-16-9-32-21-8-17(2-4-19(21)23(16)25)26-11-24(12-26)13-30-14-24/h2-8,25H,9-14H2,1H3,(H,27,28)/p+1/b16-6-,25-23?. The second-order valence-corrected chi connectivity index (χ2v) is 8.49. The number of fused-ring (bicyclic) bond motifs is 1. The van der Waals surface area contributed by atoms with Crippen molar-refractivity contribution >= 4 is 23.4 Å². The Labute approximate surface area is 185 Å². The first kappa shape index (κ1) is 20.4. The van der Waals surface area contributed by atoms with Crippen LogP contribution in [-0.2, 0) is 9.53 Å². The van der Waals surface area contributed by atoms with Crippen LogP contribution in [0.2, 0.25) is 0 Å². The molecule has 32 heavy (non-hydrogen) atoms. The molecule has 3 aliphatic heterocycles. The SMILES string of the molecule is COc1ccc(OCC(=O)O)cc1/C=C1/COc2cc(N3CC4(COC4)C3)ccc2C1=[NH2+]. The molecule has 3 N–H and O–H groups in total. The van der Waals surface area contributed by atoms with Gasteiger partial charge < -0.3 is 29.0 Å². The minimum absolute atomic E-state index is 0.323. The van der Waals surface area contributed by atoms with Crippen molar-refractivity contribution < 1.29 is 34.3 Å². The van der Waals surface area contributed by atoms with Crippen molar-refractivity contribution in [1.82, 2.24) is 0 Å². The summed E-state index contributed by atoms with van der Waals surface area (Å²) >= 11 is 0. The minimum Gasteiger partial charge on any atom is -0.496 e. The summed E-state index contributed by atoms with van der Waals surface area (Å²) < 4.78 is 22.1. The van der Waals surface area contributed by atoms with Crippen molar-refractivity contribution in [2.75, 3.05) is 51.5 Å². The first-order valence-corrected chi connectivity index (χ1v) is 10.4. The van der Waals surface area contributed by atoms with Gasteiger partial charge in [0.25, 0.3) is 0 Å². The predicted molar refractivity (Wildman–Crippen MR) is 118 cm³/mol. The molecule has 2 fully saturated rings. The van der Waals surface area contributed by atoms with E-state index in [0.717, 1.165) is 54.4 Å². The zero-order valence-electron chi connectivity index (χ0n) is 17.8. The van der Waals surface area contributed by atoms with E-state index in [2.05, 4.69) is 11.0 Å². The summed E-state index contributed by atoms with van der Waals surface area (Å²) in [4.78, 5) is 13.1. The van der Waals surface area contributed by atoms with E-state index in [-0.39, 0.29) is 0 Å². The monoisotopic (exact) mass is 437 g/mol. The molecule has 2 aromatic rings. The van der Waals surface area contributed by atoms with Crippen molar-refractivity contribution in [3.8, 4) is 17.2 Å². The molecule has 0 bridgehead atoms. The normalized spacial score (nSPS) is 19.6. The van der Waals surface area contributed by atoms with Gasteiger partial charge in [-0.3, -0.25) is 5.41 Å². The molecule has 2 aromatic carbocycles. The molecule has 1 spiro atoms. The third-order valence-corrected chi connectivity index (χ3v) is 6.11. The van der Waals surface area contributed by atoms with Crippen LogP contribution in [0.15, 0.2) is 42.0 Å². The van der Waals surface area contributed by atoms with Gasteiger partial charge in [-0.05, 0) is 36.4 Å². The molecule has 0 saturated carbocycles. The Morgan fingerprint density at radius 3 is 2.75 bits per heavy atom. The summed E-state index contributed by atoms with van der Waals surface area (Å²) in [7, 11) is 1.58. The van der Waals surface area contributed by atoms with Crippen LogP contribution in [0.25, 0.3) is 6.08 Å². The van der Waals surface area contributed by atoms with E-state index in [0.29, 0.717) is 29.2 Å². The van der Waals surface area contributed by atoms with Crippen LogP contribution >= 0.6 is 0 Å². The summed E-state index contributed by atoms with van der Waals surface area (Å²) in [6.07, 6.45) is 1.88. The quantitative estimate of drug-likeness (QED) is 0.696. The lowest BCUT2D eigenvalue weighted by molar-refractivity contribution is -0.139. The third-order valence-electron chi connectivity index (χ3n) is 6.11. The molecular weight excluding hydrogens is 412 g/mol. The first-order chi connectivity index (χ1) is 15.5. The molecule has 8 nitrogen and oxygen atoms in total. The van der Waals surface area contributed by atoms with Gasteiger partial charge in [-0.1, -0.05) is 0 Å². The number of hydrogen-bond donors (Lipinski definition) is 2. The number of ether oxygens (including phenoxy) is 4. The number of methoxy groups -OCH3 is 1. The van der Waals surface area contributed by atoms with E-state index >= 15 is 0 Å². The Kier molecular flexibility index (Phi) is 5.01. The molecule has 2 saturated heterocycles. The molecule has 166 valence electrons. The second kappa shape index (κ2) is 7.87. The summed E-state index contributed by atoms with van der Waals surface area (Å²) in [5.74, 6) is 0.795. The third kappa shape index (κ3) is 3.67. The first-order valence-electron chi connectivity index (χ1n) is 10.4. The van der Waals surface area contributed by atoms with E-state index in [1.54, 1.807) is 25.3 Å². The van der Waals surface area contributed by atoms with E-state index in [4.69, 9.17) is 29.5 Å². The predicted octanol–water partition coefficient (Wildman–Crippen LogP) is 1.02. The van der Waals surface area contributed by atoms with E-state index < -0.39 is 12.6 Å². The smallest absolute Gasteiger partial charge is 0.341 e. The maximum absolute atomic E-state index is 10.8. The Bertz CT molecular complexity index is 1110. The maximum atomic E-state index is 10.8. The number of hydrogen-bond acceptors (Lipinski definition) is 6. The lowest BCUT2D eigenvalue weighted by Crippen LogP contribution is -2.66. The Balaban J connectivity index is 1.36. The highest BCUT2D eigenvalue weighted by molar-refractivity contribution is 6.14. The van der Waals surface area contributed by atoms with Gasteiger partial charge in [-0.25, -0.2) is 4.79 Å². The van der Waals surface area contributed by atoms with Crippen LogP contribution in [0.5, 0.6) is 17.2 Å². The highest BCUT2D eigenvalue weighted by atomic mass is 16.5. The number of carboxylic acids is 1. The fourth-order valence-corrected chi connectivity index (χ4v) is 4.34. The number of anilines is 1. The van der Waals surface area contributed by atoms with Gasteiger partial charge in [-0.15, -0.1) is 0 Å². The molecule has 0 aromatic heterocycles. The molecule has 0 radical (unpaired) electrons. The zero-order valence-corrected chi connectivity index (χ0v) is 17.8. The van der Waals surface area contributed by atoms with Crippen molar-refractivity contribution in [2.24, 2.45) is 5.41 Å². The number of nitrogens with two attached hydrogens (primary N) is 1. The van der Waals surface area contributed by atoms with Gasteiger partial charge in [0.1, 0.15) is 23.9 Å². The van der Waals surface area contributed by atoms with Crippen LogP contribution in [0.1, 0.15) is 11.1 Å². The summed E-state index contributed by atoms with van der Waals surface area (Å²) in [5, 5.41) is 15.3. The highest BCUT2D eigenvalue weighted by Gasteiger charge is 2.49. The van der Waals surface area contributed by atoms with Gasteiger partial charge >= 0.3 is 5.97 Å². The number of nitrogens with zero attached hydrogens (tertiary/aromatic N) is 1. The van der Waals surface area contributed by atoms with E-state index in [9.17, 15) is 4.79 Å². The fraction of sp³-hybridized carbons (Fsp3) is 0.333. The number of carboxylic acid groups (broad SMARTS) is 1. The fourth-order valence-electron chi connectivity index (χ4n) is 4.34.